The first kappa shape index (κ1) is 14.1. The van der Waals surface area contributed by atoms with Crippen molar-refractivity contribution in [1.82, 2.24) is 5.32 Å². The van der Waals surface area contributed by atoms with Crippen LogP contribution in [0.3, 0.4) is 0 Å². The topological polar surface area (TPSA) is 41.1 Å². The van der Waals surface area contributed by atoms with E-state index in [-0.39, 0.29) is 5.91 Å². The number of para-hydroxylation sites is 1. The molecule has 1 aliphatic carbocycles. The van der Waals surface area contributed by atoms with Crippen molar-refractivity contribution in [3.8, 4) is 0 Å². The normalized spacial score (nSPS) is 21.9. The summed E-state index contributed by atoms with van der Waals surface area (Å²) in [5.74, 6) is 0.0348. The van der Waals surface area contributed by atoms with E-state index in [0.717, 1.165) is 5.69 Å². The molecule has 2 N–H and O–H groups in total. The summed E-state index contributed by atoms with van der Waals surface area (Å²) in [6.45, 7) is 4.97. The van der Waals surface area contributed by atoms with Gasteiger partial charge in [-0.25, -0.2) is 0 Å². The molecule has 0 saturated heterocycles. The summed E-state index contributed by atoms with van der Waals surface area (Å²) < 4.78 is 0. The van der Waals surface area contributed by atoms with Gasteiger partial charge in [0, 0.05) is 11.7 Å². The Balaban J connectivity index is 1.80. The van der Waals surface area contributed by atoms with Crippen molar-refractivity contribution < 1.29 is 4.79 Å². The highest BCUT2D eigenvalue weighted by Gasteiger charge is 2.31. The number of amides is 1. The van der Waals surface area contributed by atoms with Crippen LogP contribution in [0, 0.1) is 5.41 Å². The van der Waals surface area contributed by atoms with E-state index in [9.17, 15) is 4.79 Å². The van der Waals surface area contributed by atoms with E-state index >= 15 is 0 Å². The van der Waals surface area contributed by atoms with Crippen molar-refractivity contribution >= 4 is 11.6 Å². The molecule has 1 aliphatic rings. The van der Waals surface area contributed by atoms with Crippen LogP contribution in [0.5, 0.6) is 0 Å². The van der Waals surface area contributed by atoms with E-state index in [0.29, 0.717) is 18.0 Å². The molecule has 3 nitrogen and oxygen atoms in total. The Bertz CT molecular complexity index is 414. The van der Waals surface area contributed by atoms with Crippen LogP contribution >= 0.6 is 0 Å². The Morgan fingerprint density at radius 2 is 2.00 bits per heavy atom. The van der Waals surface area contributed by atoms with E-state index in [1.807, 2.05) is 30.3 Å². The molecule has 104 valence electrons. The summed E-state index contributed by atoms with van der Waals surface area (Å²) in [6, 6.07) is 10.0. The molecule has 1 aromatic carbocycles. The molecule has 0 aliphatic heterocycles. The van der Waals surface area contributed by atoms with E-state index in [2.05, 4.69) is 24.5 Å². The first-order valence-corrected chi connectivity index (χ1v) is 7.16. The summed E-state index contributed by atoms with van der Waals surface area (Å²) in [5, 5.41) is 6.33. The molecule has 19 heavy (non-hydrogen) atoms. The summed E-state index contributed by atoms with van der Waals surface area (Å²) in [6.07, 6.45) is 4.99. The Morgan fingerprint density at radius 1 is 1.26 bits per heavy atom. The average molecular weight is 260 g/mol. The molecule has 3 heteroatoms. The number of hydrogen-bond donors (Lipinski definition) is 2. The lowest BCUT2D eigenvalue weighted by atomic mass is 9.73. The van der Waals surface area contributed by atoms with Gasteiger partial charge in [-0.05, 0) is 30.4 Å². The number of benzene rings is 1. The summed E-state index contributed by atoms with van der Waals surface area (Å²) in [7, 11) is 0. The van der Waals surface area contributed by atoms with Gasteiger partial charge in [-0.15, -0.1) is 0 Å². The zero-order valence-corrected chi connectivity index (χ0v) is 11.9. The molecule has 0 bridgehead atoms. The van der Waals surface area contributed by atoms with Crippen LogP contribution in [-0.4, -0.2) is 18.5 Å². The summed E-state index contributed by atoms with van der Waals surface area (Å²) in [5.41, 5.74) is 1.16. The molecular formula is C16H24N2O. The fourth-order valence-corrected chi connectivity index (χ4v) is 2.81. The van der Waals surface area contributed by atoms with Crippen LogP contribution in [0.1, 0.15) is 39.5 Å². The molecule has 1 atom stereocenters. The molecule has 1 fully saturated rings. The van der Waals surface area contributed by atoms with Gasteiger partial charge in [-0.2, -0.15) is 0 Å². The predicted octanol–water partition coefficient (Wildman–Crippen LogP) is 3.18. The lowest BCUT2D eigenvalue weighted by Crippen LogP contribution is -2.46. The molecule has 1 unspecified atom stereocenters. The van der Waals surface area contributed by atoms with Gasteiger partial charge >= 0.3 is 0 Å². The number of hydrogen-bond acceptors (Lipinski definition) is 2. The Hall–Kier alpha value is -1.35. The maximum atomic E-state index is 11.9. The zero-order chi connectivity index (χ0) is 13.7. The highest BCUT2D eigenvalue weighted by Crippen LogP contribution is 2.35. The van der Waals surface area contributed by atoms with Crippen LogP contribution in [0.2, 0.25) is 0 Å². The maximum Gasteiger partial charge on any atom is 0.238 e. The third-order valence-electron chi connectivity index (χ3n) is 4.07. The minimum absolute atomic E-state index is 0.0348. The summed E-state index contributed by atoms with van der Waals surface area (Å²) in [4.78, 5) is 11.9. The highest BCUT2D eigenvalue weighted by atomic mass is 16.1. The van der Waals surface area contributed by atoms with Crippen molar-refractivity contribution in [2.24, 2.45) is 5.41 Å². The predicted molar refractivity (Wildman–Crippen MR) is 79.1 cm³/mol. The van der Waals surface area contributed by atoms with Gasteiger partial charge in [0.1, 0.15) is 0 Å². The SMILES string of the molecule is CC1(C)CCCCC1NCC(=O)Nc1ccccc1. The first-order chi connectivity index (χ1) is 9.08. The molecule has 0 heterocycles. The molecular weight excluding hydrogens is 236 g/mol. The van der Waals surface area contributed by atoms with Crippen molar-refractivity contribution in [3.05, 3.63) is 30.3 Å². The number of nitrogens with one attached hydrogen (secondary N) is 2. The quantitative estimate of drug-likeness (QED) is 0.873. The van der Waals surface area contributed by atoms with Crippen molar-refractivity contribution in [3.63, 3.8) is 0 Å². The van der Waals surface area contributed by atoms with Crippen molar-refractivity contribution in [2.75, 3.05) is 11.9 Å². The molecule has 0 spiro atoms. The standard InChI is InChI=1S/C16H24N2O/c1-16(2)11-7-6-10-14(16)17-12-15(19)18-13-8-4-3-5-9-13/h3-5,8-9,14,17H,6-7,10-12H2,1-2H3,(H,18,19). The smallest absolute Gasteiger partial charge is 0.238 e. The Kier molecular flexibility index (Phi) is 4.59. The summed E-state index contributed by atoms with van der Waals surface area (Å²) >= 11 is 0. The second-order valence-electron chi connectivity index (χ2n) is 6.08. The fraction of sp³-hybridized carbons (Fsp3) is 0.562. The number of rotatable bonds is 4. The number of carbonyl (C=O) groups is 1. The van der Waals surface area contributed by atoms with Gasteiger partial charge in [0.15, 0.2) is 0 Å². The second kappa shape index (κ2) is 6.20. The van der Waals surface area contributed by atoms with Gasteiger partial charge in [-0.3, -0.25) is 4.79 Å². The molecule has 1 saturated carbocycles. The van der Waals surface area contributed by atoms with E-state index in [4.69, 9.17) is 0 Å². The molecule has 0 radical (unpaired) electrons. The van der Waals surface area contributed by atoms with Gasteiger partial charge in [0.2, 0.25) is 5.91 Å². The fourth-order valence-electron chi connectivity index (χ4n) is 2.81. The largest absolute Gasteiger partial charge is 0.325 e. The van der Waals surface area contributed by atoms with E-state index in [1.54, 1.807) is 0 Å². The van der Waals surface area contributed by atoms with Gasteiger partial charge in [0.25, 0.3) is 0 Å². The Morgan fingerprint density at radius 3 is 2.68 bits per heavy atom. The van der Waals surface area contributed by atoms with Crippen LogP contribution in [0.4, 0.5) is 5.69 Å². The number of carbonyl (C=O) groups excluding carboxylic acids is 1. The Labute approximate surface area is 115 Å². The maximum absolute atomic E-state index is 11.9. The minimum atomic E-state index is 0.0348. The molecule has 1 amide bonds. The van der Waals surface area contributed by atoms with Gasteiger partial charge in [-0.1, -0.05) is 44.9 Å². The zero-order valence-electron chi connectivity index (χ0n) is 11.9. The number of anilines is 1. The van der Waals surface area contributed by atoms with Crippen molar-refractivity contribution in [1.29, 1.82) is 0 Å². The van der Waals surface area contributed by atoms with Crippen LogP contribution in [-0.2, 0) is 4.79 Å². The first-order valence-electron chi connectivity index (χ1n) is 7.16. The lowest BCUT2D eigenvalue weighted by Gasteiger charge is -2.39. The van der Waals surface area contributed by atoms with Crippen molar-refractivity contribution in [2.45, 2.75) is 45.6 Å². The minimum Gasteiger partial charge on any atom is -0.325 e. The van der Waals surface area contributed by atoms with Crippen LogP contribution in [0.15, 0.2) is 30.3 Å². The van der Waals surface area contributed by atoms with Gasteiger partial charge in [0.05, 0.1) is 6.54 Å². The van der Waals surface area contributed by atoms with Crippen LogP contribution in [0.25, 0.3) is 0 Å². The van der Waals surface area contributed by atoms with Crippen LogP contribution < -0.4 is 10.6 Å². The highest BCUT2D eigenvalue weighted by molar-refractivity contribution is 5.92. The third-order valence-corrected chi connectivity index (χ3v) is 4.07. The van der Waals surface area contributed by atoms with Gasteiger partial charge < -0.3 is 10.6 Å². The molecule has 0 aromatic heterocycles. The van der Waals surface area contributed by atoms with E-state index < -0.39 is 0 Å². The third kappa shape index (κ3) is 4.06. The molecule has 2 rings (SSSR count). The molecule has 1 aromatic rings. The monoisotopic (exact) mass is 260 g/mol. The second-order valence-corrected chi connectivity index (χ2v) is 6.08. The lowest BCUT2D eigenvalue weighted by molar-refractivity contribution is -0.115. The van der Waals surface area contributed by atoms with E-state index in [1.165, 1.54) is 25.7 Å². The average Bonchev–Trinajstić information content (AvgIpc) is 2.38.